The molecule has 2 aromatic carbocycles. The van der Waals surface area contributed by atoms with E-state index in [0.29, 0.717) is 15.9 Å². The fourth-order valence-electron chi connectivity index (χ4n) is 4.37. The van der Waals surface area contributed by atoms with Crippen molar-refractivity contribution in [2.45, 2.75) is 38.1 Å². The van der Waals surface area contributed by atoms with Crippen LogP contribution >= 0.6 is 34.8 Å². The summed E-state index contributed by atoms with van der Waals surface area (Å²) in [7, 11) is 0. The summed E-state index contributed by atoms with van der Waals surface area (Å²) in [6, 6.07) is 9.73. The van der Waals surface area contributed by atoms with Crippen molar-refractivity contribution in [3.63, 3.8) is 0 Å². The zero-order valence-corrected chi connectivity index (χ0v) is 21.3. The minimum Gasteiger partial charge on any atom is -0.480 e. The molecule has 11 heteroatoms. The minimum absolute atomic E-state index is 0.0951. The standard InChI is InChI=1S/C25H23Cl3N4O4/c26-15-11-16(27)21(17(28)12-15)32-25(36)30-19-10-14-8-4-5-9-18(14)29-22(19)23(33)31-20(24(34)35)13-6-2-1-3-7-13/h4-5,8-13,20H,1-3,6-7H2,(H,31,33)(H,34,35)(H2,30,32,36)/t20-/m0/s1. The lowest BCUT2D eigenvalue weighted by atomic mass is 9.84. The van der Waals surface area contributed by atoms with Gasteiger partial charge in [0.15, 0.2) is 5.69 Å². The smallest absolute Gasteiger partial charge is 0.326 e. The molecular formula is C25H23Cl3N4O4. The van der Waals surface area contributed by atoms with E-state index in [2.05, 4.69) is 20.9 Å². The molecule has 1 aliphatic carbocycles. The Hall–Kier alpha value is -3.07. The van der Waals surface area contributed by atoms with E-state index < -0.39 is 23.9 Å². The highest BCUT2D eigenvalue weighted by molar-refractivity contribution is 6.42. The van der Waals surface area contributed by atoms with Crippen LogP contribution in [0.4, 0.5) is 16.2 Å². The van der Waals surface area contributed by atoms with E-state index >= 15 is 0 Å². The number of amides is 3. The van der Waals surface area contributed by atoms with E-state index in [1.54, 1.807) is 30.3 Å². The van der Waals surface area contributed by atoms with Gasteiger partial charge in [-0.2, -0.15) is 0 Å². The molecule has 3 aromatic rings. The molecule has 36 heavy (non-hydrogen) atoms. The van der Waals surface area contributed by atoms with E-state index in [0.717, 1.165) is 32.1 Å². The Morgan fingerprint density at radius 2 is 1.61 bits per heavy atom. The number of nitrogens with one attached hydrogen (secondary N) is 3. The average Bonchev–Trinajstić information content (AvgIpc) is 2.84. The van der Waals surface area contributed by atoms with Gasteiger partial charge in [0.25, 0.3) is 5.91 Å². The van der Waals surface area contributed by atoms with Gasteiger partial charge in [0.1, 0.15) is 6.04 Å². The van der Waals surface area contributed by atoms with Gasteiger partial charge in [0, 0.05) is 10.4 Å². The maximum atomic E-state index is 13.3. The van der Waals surface area contributed by atoms with E-state index in [1.165, 1.54) is 12.1 Å². The van der Waals surface area contributed by atoms with Crippen LogP contribution in [-0.2, 0) is 4.79 Å². The van der Waals surface area contributed by atoms with Crippen molar-refractivity contribution in [2.75, 3.05) is 10.6 Å². The summed E-state index contributed by atoms with van der Waals surface area (Å²) in [5.74, 6) is -1.97. The van der Waals surface area contributed by atoms with Gasteiger partial charge in [-0.25, -0.2) is 14.6 Å². The number of rotatable bonds is 6. The number of aromatic nitrogens is 1. The number of para-hydroxylation sites is 1. The molecule has 1 heterocycles. The van der Waals surface area contributed by atoms with E-state index in [1.807, 2.05) is 0 Å². The van der Waals surface area contributed by atoms with Gasteiger partial charge in [0.2, 0.25) is 0 Å². The summed E-state index contributed by atoms with van der Waals surface area (Å²) >= 11 is 18.2. The zero-order valence-electron chi connectivity index (χ0n) is 19.0. The van der Waals surface area contributed by atoms with Crippen LogP contribution in [0, 0.1) is 5.92 Å². The predicted octanol–water partition coefficient (Wildman–Crippen LogP) is 6.60. The lowest BCUT2D eigenvalue weighted by molar-refractivity contribution is -0.141. The Morgan fingerprint density at radius 3 is 2.28 bits per heavy atom. The maximum absolute atomic E-state index is 13.3. The third kappa shape index (κ3) is 6.00. The van der Waals surface area contributed by atoms with E-state index in [4.69, 9.17) is 34.8 Å². The summed E-state index contributed by atoms with van der Waals surface area (Å²) in [5.41, 5.74) is 0.641. The topological polar surface area (TPSA) is 120 Å². The summed E-state index contributed by atoms with van der Waals surface area (Å²) in [4.78, 5) is 42.5. The number of carboxylic acid groups (broad SMARTS) is 1. The van der Waals surface area contributed by atoms with E-state index in [9.17, 15) is 19.5 Å². The molecule has 0 aliphatic heterocycles. The van der Waals surface area contributed by atoms with Crippen LogP contribution in [-0.4, -0.2) is 34.0 Å². The fourth-order valence-corrected chi connectivity index (χ4v) is 5.28. The van der Waals surface area contributed by atoms with Gasteiger partial charge in [-0.1, -0.05) is 72.3 Å². The Kier molecular flexibility index (Phi) is 8.18. The van der Waals surface area contributed by atoms with Gasteiger partial charge in [-0.05, 0) is 43.0 Å². The molecule has 0 unspecified atom stereocenters. The lowest BCUT2D eigenvalue weighted by Gasteiger charge is -2.28. The summed E-state index contributed by atoms with van der Waals surface area (Å²) < 4.78 is 0. The molecule has 3 amide bonds. The summed E-state index contributed by atoms with van der Waals surface area (Å²) in [6.07, 6.45) is 4.33. The molecule has 1 aromatic heterocycles. The number of anilines is 2. The number of pyridine rings is 1. The average molecular weight is 550 g/mol. The number of carboxylic acids is 1. The van der Waals surface area contributed by atoms with Crippen LogP contribution in [0.25, 0.3) is 10.9 Å². The first-order valence-electron chi connectivity index (χ1n) is 11.4. The third-order valence-electron chi connectivity index (χ3n) is 6.11. The van der Waals surface area contributed by atoms with Crippen LogP contribution in [0.1, 0.15) is 42.6 Å². The first-order chi connectivity index (χ1) is 17.2. The second-order valence-corrected chi connectivity index (χ2v) is 9.84. The van der Waals surface area contributed by atoms with Crippen molar-refractivity contribution in [2.24, 2.45) is 5.92 Å². The second-order valence-electron chi connectivity index (χ2n) is 8.59. The molecule has 1 aliphatic rings. The molecule has 0 saturated heterocycles. The van der Waals surface area contributed by atoms with Crippen molar-refractivity contribution in [3.8, 4) is 0 Å². The molecule has 188 valence electrons. The van der Waals surface area contributed by atoms with E-state index in [-0.39, 0.29) is 33.0 Å². The molecular weight excluding hydrogens is 527 g/mol. The molecule has 1 fully saturated rings. The van der Waals surface area contributed by atoms with Crippen LogP contribution in [0.15, 0.2) is 42.5 Å². The van der Waals surface area contributed by atoms with Crippen molar-refractivity contribution >= 4 is 75.0 Å². The monoisotopic (exact) mass is 548 g/mol. The van der Waals surface area contributed by atoms with Crippen LogP contribution in [0.3, 0.4) is 0 Å². The maximum Gasteiger partial charge on any atom is 0.326 e. The zero-order chi connectivity index (χ0) is 25.8. The highest BCUT2D eigenvalue weighted by Crippen LogP contribution is 2.34. The summed E-state index contributed by atoms with van der Waals surface area (Å²) in [6.45, 7) is 0. The van der Waals surface area contributed by atoms with Gasteiger partial charge in [-0.15, -0.1) is 0 Å². The molecule has 4 N–H and O–H groups in total. The number of halogens is 3. The van der Waals surface area contributed by atoms with Crippen LogP contribution < -0.4 is 16.0 Å². The number of hydrogen-bond acceptors (Lipinski definition) is 4. The number of benzene rings is 2. The van der Waals surface area contributed by atoms with Gasteiger partial charge >= 0.3 is 12.0 Å². The quantitative estimate of drug-likeness (QED) is 0.276. The Morgan fingerprint density at radius 1 is 0.944 bits per heavy atom. The Bertz CT molecular complexity index is 1300. The van der Waals surface area contributed by atoms with Crippen LogP contribution in [0.2, 0.25) is 15.1 Å². The predicted molar refractivity (Wildman–Crippen MR) is 141 cm³/mol. The van der Waals surface area contributed by atoms with Gasteiger partial charge < -0.3 is 21.1 Å². The Labute approximate surface area is 222 Å². The molecule has 0 radical (unpaired) electrons. The number of urea groups is 1. The number of carbonyl (C=O) groups excluding carboxylic acids is 2. The number of nitrogens with zero attached hydrogens (tertiary/aromatic N) is 1. The number of aliphatic carboxylic acids is 1. The molecule has 1 saturated carbocycles. The highest BCUT2D eigenvalue weighted by Gasteiger charge is 2.32. The number of hydrogen-bond donors (Lipinski definition) is 4. The van der Waals surface area contributed by atoms with Gasteiger partial charge in [-0.3, -0.25) is 4.79 Å². The number of carbonyl (C=O) groups is 3. The second kappa shape index (κ2) is 11.3. The minimum atomic E-state index is -1.10. The third-order valence-corrected chi connectivity index (χ3v) is 6.92. The lowest BCUT2D eigenvalue weighted by Crippen LogP contribution is -2.47. The van der Waals surface area contributed by atoms with Crippen molar-refractivity contribution in [1.29, 1.82) is 0 Å². The molecule has 1 atom stereocenters. The normalized spacial score (nSPS) is 14.8. The summed E-state index contributed by atoms with van der Waals surface area (Å²) in [5, 5.41) is 18.8. The Balaban J connectivity index is 1.63. The first-order valence-corrected chi connectivity index (χ1v) is 12.5. The molecule has 0 spiro atoms. The first kappa shape index (κ1) is 26.0. The van der Waals surface area contributed by atoms with Gasteiger partial charge in [0.05, 0.1) is 26.9 Å². The molecule has 4 rings (SSSR count). The largest absolute Gasteiger partial charge is 0.480 e. The van der Waals surface area contributed by atoms with Crippen molar-refractivity contribution < 1.29 is 19.5 Å². The number of fused-ring (bicyclic) bond motifs is 1. The van der Waals surface area contributed by atoms with Crippen molar-refractivity contribution in [1.82, 2.24) is 10.3 Å². The highest BCUT2D eigenvalue weighted by atomic mass is 35.5. The fraction of sp³-hybridized carbons (Fsp3) is 0.280. The van der Waals surface area contributed by atoms with Crippen molar-refractivity contribution in [3.05, 3.63) is 63.2 Å². The van der Waals surface area contributed by atoms with Crippen LogP contribution in [0.5, 0.6) is 0 Å². The SMILES string of the molecule is O=C(Nc1cc2ccccc2nc1C(=O)N[C@H](C(=O)O)C1CCCCC1)Nc1c(Cl)cc(Cl)cc1Cl. The molecule has 0 bridgehead atoms. The molecule has 8 nitrogen and oxygen atoms in total.